The summed E-state index contributed by atoms with van der Waals surface area (Å²) >= 11 is 0. The zero-order chi connectivity index (χ0) is 9.84. The standard InChI is InChI=1S/C8H11N3O2/c1-13-8(12)11-5-2-3-6(9)7(10)4-5/h2-4H,9-10H2,1H3,(H,11,12). The van der Waals surface area contributed by atoms with Crippen molar-refractivity contribution in [1.82, 2.24) is 0 Å². The van der Waals surface area contributed by atoms with E-state index in [1.54, 1.807) is 18.2 Å². The molecule has 5 nitrogen and oxygen atoms in total. The normalized spacial score (nSPS) is 9.31. The number of methoxy groups -OCH3 is 1. The predicted molar refractivity (Wildman–Crippen MR) is 51.3 cm³/mol. The van der Waals surface area contributed by atoms with E-state index in [9.17, 15) is 4.79 Å². The largest absolute Gasteiger partial charge is 0.453 e. The molecule has 13 heavy (non-hydrogen) atoms. The summed E-state index contributed by atoms with van der Waals surface area (Å²) in [5.74, 6) is 0. The van der Waals surface area contributed by atoms with E-state index in [1.165, 1.54) is 7.11 Å². The highest BCUT2D eigenvalue weighted by Gasteiger charge is 2.01. The Morgan fingerprint density at radius 2 is 2.08 bits per heavy atom. The van der Waals surface area contributed by atoms with Crippen molar-refractivity contribution in [2.24, 2.45) is 0 Å². The molecule has 0 heterocycles. The van der Waals surface area contributed by atoms with Crippen LogP contribution in [0.4, 0.5) is 21.9 Å². The van der Waals surface area contributed by atoms with E-state index < -0.39 is 6.09 Å². The molecule has 0 aliphatic carbocycles. The summed E-state index contributed by atoms with van der Waals surface area (Å²) in [5.41, 5.74) is 12.5. The zero-order valence-corrected chi connectivity index (χ0v) is 7.20. The van der Waals surface area contributed by atoms with Gasteiger partial charge in [-0.05, 0) is 18.2 Å². The number of nitrogens with two attached hydrogens (primary N) is 2. The Hall–Kier alpha value is -1.91. The quantitative estimate of drug-likeness (QED) is 0.564. The van der Waals surface area contributed by atoms with E-state index in [4.69, 9.17) is 11.5 Å². The summed E-state index contributed by atoms with van der Waals surface area (Å²) in [4.78, 5) is 10.8. The van der Waals surface area contributed by atoms with Crippen molar-refractivity contribution in [3.63, 3.8) is 0 Å². The van der Waals surface area contributed by atoms with Gasteiger partial charge in [-0.25, -0.2) is 4.79 Å². The van der Waals surface area contributed by atoms with E-state index in [2.05, 4.69) is 10.1 Å². The Kier molecular flexibility index (Phi) is 2.59. The van der Waals surface area contributed by atoms with E-state index in [-0.39, 0.29) is 0 Å². The molecule has 0 unspecified atom stereocenters. The highest BCUT2D eigenvalue weighted by molar-refractivity contribution is 5.86. The van der Waals surface area contributed by atoms with Crippen LogP contribution in [0.25, 0.3) is 0 Å². The number of hydrogen-bond donors (Lipinski definition) is 3. The number of nitrogen functional groups attached to an aromatic ring is 2. The van der Waals surface area contributed by atoms with Gasteiger partial charge in [0.1, 0.15) is 0 Å². The third kappa shape index (κ3) is 2.26. The smallest absolute Gasteiger partial charge is 0.411 e. The maximum atomic E-state index is 10.8. The van der Waals surface area contributed by atoms with Crippen molar-refractivity contribution >= 4 is 23.2 Å². The highest BCUT2D eigenvalue weighted by atomic mass is 16.5. The number of nitrogens with one attached hydrogen (secondary N) is 1. The fraction of sp³-hybridized carbons (Fsp3) is 0.125. The first-order valence-electron chi connectivity index (χ1n) is 3.63. The molecule has 1 rings (SSSR count). The Morgan fingerprint density at radius 1 is 1.38 bits per heavy atom. The first-order chi connectivity index (χ1) is 6.13. The lowest BCUT2D eigenvalue weighted by Gasteiger charge is -2.05. The minimum atomic E-state index is -0.538. The maximum Gasteiger partial charge on any atom is 0.411 e. The number of carbonyl (C=O) groups is 1. The van der Waals surface area contributed by atoms with Crippen LogP contribution in [0.1, 0.15) is 0 Å². The van der Waals surface area contributed by atoms with Crippen LogP contribution in [0, 0.1) is 0 Å². The van der Waals surface area contributed by atoms with Gasteiger partial charge in [-0.2, -0.15) is 0 Å². The molecule has 1 amide bonds. The Labute approximate surface area is 75.7 Å². The third-order valence-electron chi connectivity index (χ3n) is 1.52. The molecule has 70 valence electrons. The average Bonchev–Trinajstić information content (AvgIpc) is 2.11. The van der Waals surface area contributed by atoms with Crippen molar-refractivity contribution < 1.29 is 9.53 Å². The lowest BCUT2D eigenvalue weighted by Crippen LogP contribution is -2.11. The van der Waals surface area contributed by atoms with Crippen molar-refractivity contribution in [3.05, 3.63) is 18.2 Å². The molecule has 0 saturated carbocycles. The van der Waals surface area contributed by atoms with Crippen LogP contribution in [0.15, 0.2) is 18.2 Å². The van der Waals surface area contributed by atoms with E-state index in [0.717, 1.165) is 0 Å². The number of ether oxygens (including phenoxy) is 1. The SMILES string of the molecule is COC(=O)Nc1ccc(N)c(N)c1. The summed E-state index contributed by atoms with van der Waals surface area (Å²) < 4.78 is 4.40. The molecule has 0 atom stereocenters. The fourth-order valence-electron chi connectivity index (χ4n) is 0.821. The molecule has 0 aromatic heterocycles. The first kappa shape index (κ1) is 9.18. The first-order valence-corrected chi connectivity index (χ1v) is 3.63. The van der Waals surface area contributed by atoms with E-state index in [0.29, 0.717) is 17.1 Å². The van der Waals surface area contributed by atoms with Gasteiger partial charge in [0.05, 0.1) is 18.5 Å². The van der Waals surface area contributed by atoms with Gasteiger partial charge < -0.3 is 16.2 Å². The molecular weight excluding hydrogens is 170 g/mol. The van der Waals surface area contributed by atoms with Crippen molar-refractivity contribution in [2.75, 3.05) is 23.9 Å². The minimum absolute atomic E-state index is 0.425. The van der Waals surface area contributed by atoms with Gasteiger partial charge in [-0.1, -0.05) is 0 Å². The van der Waals surface area contributed by atoms with Gasteiger partial charge in [0, 0.05) is 5.69 Å². The highest BCUT2D eigenvalue weighted by Crippen LogP contribution is 2.19. The van der Waals surface area contributed by atoms with Gasteiger partial charge in [-0.15, -0.1) is 0 Å². The molecule has 0 bridgehead atoms. The van der Waals surface area contributed by atoms with Crippen LogP contribution in [0.5, 0.6) is 0 Å². The van der Waals surface area contributed by atoms with Crippen LogP contribution in [0.3, 0.4) is 0 Å². The molecule has 5 heteroatoms. The topological polar surface area (TPSA) is 90.4 Å². The van der Waals surface area contributed by atoms with Crippen molar-refractivity contribution in [3.8, 4) is 0 Å². The number of benzene rings is 1. The third-order valence-corrected chi connectivity index (χ3v) is 1.52. The summed E-state index contributed by atoms with van der Waals surface area (Å²) in [6.07, 6.45) is -0.538. The van der Waals surface area contributed by atoms with Crippen LogP contribution >= 0.6 is 0 Å². The van der Waals surface area contributed by atoms with E-state index in [1.807, 2.05) is 0 Å². The molecule has 0 radical (unpaired) electrons. The summed E-state index contributed by atoms with van der Waals surface area (Å²) in [5, 5.41) is 2.46. The fourth-order valence-corrected chi connectivity index (χ4v) is 0.821. The van der Waals surface area contributed by atoms with Gasteiger partial charge in [-0.3, -0.25) is 5.32 Å². The van der Waals surface area contributed by atoms with Gasteiger partial charge >= 0.3 is 6.09 Å². The monoisotopic (exact) mass is 181 g/mol. The van der Waals surface area contributed by atoms with Gasteiger partial charge in [0.15, 0.2) is 0 Å². The van der Waals surface area contributed by atoms with Crippen LogP contribution in [-0.2, 0) is 4.74 Å². The Balaban J connectivity index is 2.79. The number of carbonyl (C=O) groups excluding carboxylic acids is 1. The van der Waals surface area contributed by atoms with Crippen LogP contribution in [0.2, 0.25) is 0 Å². The molecule has 0 fully saturated rings. The second kappa shape index (κ2) is 3.66. The molecule has 0 spiro atoms. The summed E-state index contributed by atoms with van der Waals surface area (Å²) in [7, 11) is 1.29. The molecule has 1 aromatic carbocycles. The van der Waals surface area contributed by atoms with Gasteiger partial charge in [0.25, 0.3) is 0 Å². The van der Waals surface area contributed by atoms with Crippen molar-refractivity contribution in [2.45, 2.75) is 0 Å². The molecule has 5 N–H and O–H groups in total. The second-order valence-corrected chi connectivity index (χ2v) is 2.46. The molecule has 1 aromatic rings. The summed E-state index contributed by atoms with van der Waals surface area (Å²) in [6, 6.07) is 4.81. The molecule has 0 saturated heterocycles. The van der Waals surface area contributed by atoms with Gasteiger partial charge in [0.2, 0.25) is 0 Å². The zero-order valence-electron chi connectivity index (χ0n) is 7.20. The Bertz CT molecular complexity index is 325. The number of hydrogen-bond acceptors (Lipinski definition) is 4. The minimum Gasteiger partial charge on any atom is -0.453 e. The molecule has 0 aliphatic rings. The van der Waals surface area contributed by atoms with Crippen LogP contribution in [-0.4, -0.2) is 13.2 Å². The summed E-state index contributed by atoms with van der Waals surface area (Å²) in [6.45, 7) is 0. The maximum absolute atomic E-state index is 10.8. The number of anilines is 3. The second-order valence-electron chi connectivity index (χ2n) is 2.46. The Morgan fingerprint density at radius 3 is 2.62 bits per heavy atom. The average molecular weight is 181 g/mol. The lowest BCUT2D eigenvalue weighted by atomic mass is 10.2. The molecular formula is C8H11N3O2. The molecule has 0 aliphatic heterocycles. The van der Waals surface area contributed by atoms with Crippen LogP contribution < -0.4 is 16.8 Å². The van der Waals surface area contributed by atoms with Crippen molar-refractivity contribution in [1.29, 1.82) is 0 Å². The number of amides is 1. The van der Waals surface area contributed by atoms with E-state index >= 15 is 0 Å². The lowest BCUT2D eigenvalue weighted by molar-refractivity contribution is 0.187. The number of rotatable bonds is 1. The predicted octanol–water partition coefficient (Wildman–Crippen LogP) is 1.03.